The lowest BCUT2D eigenvalue weighted by Gasteiger charge is -2.25. The summed E-state index contributed by atoms with van der Waals surface area (Å²) >= 11 is 1.53. The van der Waals surface area contributed by atoms with Crippen molar-refractivity contribution in [2.75, 3.05) is 45.3 Å². The molecule has 0 bridgehead atoms. The van der Waals surface area contributed by atoms with Crippen LogP contribution < -0.4 is 4.90 Å². The van der Waals surface area contributed by atoms with Gasteiger partial charge in [-0.25, -0.2) is 14.8 Å². The number of carbonyl (C=O) groups is 2. The fourth-order valence-electron chi connectivity index (χ4n) is 5.81. The molecule has 192 valence electrons. The van der Waals surface area contributed by atoms with Crippen LogP contribution in [0.2, 0.25) is 0 Å². The van der Waals surface area contributed by atoms with Gasteiger partial charge in [-0.1, -0.05) is 12.1 Å². The Bertz CT molecular complexity index is 1500. The van der Waals surface area contributed by atoms with Crippen molar-refractivity contribution in [2.45, 2.75) is 25.8 Å². The number of carbonyl (C=O) groups excluding carboxylic acids is 2. The first-order valence-corrected chi connectivity index (χ1v) is 13.2. The summed E-state index contributed by atoms with van der Waals surface area (Å²) in [6.07, 6.45) is 4.18. The van der Waals surface area contributed by atoms with E-state index in [1.54, 1.807) is 6.33 Å². The van der Waals surface area contributed by atoms with E-state index in [4.69, 9.17) is 9.47 Å². The first-order chi connectivity index (χ1) is 17.9. The highest BCUT2D eigenvalue weighted by Crippen LogP contribution is 2.43. The van der Waals surface area contributed by atoms with E-state index < -0.39 is 0 Å². The number of H-pyrrole nitrogens is 1. The number of nitrogens with zero attached hydrogens (tertiary/aromatic N) is 4. The van der Waals surface area contributed by atoms with Crippen molar-refractivity contribution < 1.29 is 19.1 Å². The largest absolute Gasteiger partial charge is 0.469 e. The lowest BCUT2D eigenvalue weighted by Crippen LogP contribution is -2.31. The average Bonchev–Trinajstić information content (AvgIpc) is 3.69. The third kappa shape index (κ3) is 4.55. The van der Waals surface area contributed by atoms with Crippen molar-refractivity contribution in [2.24, 2.45) is 5.41 Å². The van der Waals surface area contributed by atoms with Gasteiger partial charge in [0, 0.05) is 47.4 Å². The van der Waals surface area contributed by atoms with E-state index in [1.807, 2.05) is 12.1 Å². The van der Waals surface area contributed by atoms with Crippen LogP contribution >= 0.6 is 11.3 Å². The predicted molar refractivity (Wildman–Crippen MR) is 142 cm³/mol. The molecule has 1 atom stereocenters. The number of methoxy groups -OCH3 is 2. The van der Waals surface area contributed by atoms with Gasteiger partial charge in [0.1, 0.15) is 22.7 Å². The molecule has 0 amide bonds. The maximum atomic E-state index is 11.9. The van der Waals surface area contributed by atoms with Gasteiger partial charge in [0.25, 0.3) is 0 Å². The van der Waals surface area contributed by atoms with Crippen LogP contribution in [0.5, 0.6) is 0 Å². The molecular formula is C27H29N5O4S. The van der Waals surface area contributed by atoms with Crippen LogP contribution in [0.15, 0.2) is 36.7 Å². The highest BCUT2D eigenvalue weighted by Gasteiger charge is 2.44. The smallest absolute Gasteiger partial charge is 0.354 e. The fraction of sp³-hybridized carbons (Fsp3) is 0.407. The summed E-state index contributed by atoms with van der Waals surface area (Å²) in [5, 5.41) is 2.02. The van der Waals surface area contributed by atoms with Crippen molar-refractivity contribution in [1.29, 1.82) is 0 Å². The summed E-state index contributed by atoms with van der Waals surface area (Å²) in [4.78, 5) is 42.7. The third-order valence-corrected chi connectivity index (χ3v) is 8.70. The molecule has 3 aromatic heterocycles. The second-order valence-corrected chi connectivity index (χ2v) is 11.2. The lowest BCUT2D eigenvalue weighted by atomic mass is 9.86. The number of likely N-dealkylation sites (tertiary alicyclic amines) is 1. The average molecular weight is 520 g/mol. The molecule has 2 aliphatic heterocycles. The zero-order chi connectivity index (χ0) is 25.6. The van der Waals surface area contributed by atoms with Crippen LogP contribution in [0, 0.1) is 5.41 Å². The fourth-order valence-corrected chi connectivity index (χ4v) is 6.78. The minimum absolute atomic E-state index is 0.244. The molecule has 4 aromatic rings. The molecule has 1 aromatic carbocycles. The number of aromatic amines is 1. The number of hydrogen-bond acceptors (Lipinski definition) is 9. The Labute approximate surface area is 218 Å². The maximum Gasteiger partial charge on any atom is 0.354 e. The van der Waals surface area contributed by atoms with Gasteiger partial charge in [0.05, 0.1) is 26.0 Å². The quantitative estimate of drug-likeness (QED) is 0.384. The molecule has 2 fully saturated rings. The summed E-state index contributed by atoms with van der Waals surface area (Å²) in [6, 6.07) is 10.2. The Kier molecular flexibility index (Phi) is 6.08. The van der Waals surface area contributed by atoms with E-state index in [9.17, 15) is 9.59 Å². The van der Waals surface area contributed by atoms with E-state index in [2.05, 4.69) is 43.0 Å². The van der Waals surface area contributed by atoms with Crippen molar-refractivity contribution in [1.82, 2.24) is 19.9 Å². The molecule has 37 heavy (non-hydrogen) atoms. The number of nitrogens with one attached hydrogen (secondary N) is 1. The minimum atomic E-state index is -0.354. The molecule has 1 unspecified atom stereocenters. The Morgan fingerprint density at radius 3 is 2.78 bits per heavy atom. The molecule has 10 heteroatoms. The first kappa shape index (κ1) is 23.9. The van der Waals surface area contributed by atoms with Gasteiger partial charge in [0.2, 0.25) is 0 Å². The van der Waals surface area contributed by atoms with Crippen molar-refractivity contribution in [3.8, 4) is 0 Å². The second kappa shape index (κ2) is 9.42. The molecule has 9 nitrogen and oxygen atoms in total. The van der Waals surface area contributed by atoms with E-state index in [0.717, 1.165) is 77.4 Å². The number of fused-ring (bicyclic) bond motifs is 2. The van der Waals surface area contributed by atoms with Crippen LogP contribution in [0.1, 0.15) is 33.8 Å². The van der Waals surface area contributed by atoms with Gasteiger partial charge in [-0.05, 0) is 43.1 Å². The number of aromatic nitrogens is 3. The van der Waals surface area contributed by atoms with Gasteiger partial charge < -0.3 is 19.4 Å². The number of hydrogen-bond donors (Lipinski definition) is 1. The SMILES string of the molecule is COC(=O)Cc1cc2c(N3CCC4(CCN(Cc5ccc6cc(C(=O)OC)[nH]c6c5)C4)C3)ncnc2s1. The van der Waals surface area contributed by atoms with Gasteiger partial charge in [0.15, 0.2) is 0 Å². The second-order valence-electron chi connectivity index (χ2n) is 10.1. The summed E-state index contributed by atoms with van der Waals surface area (Å²) in [6.45, 7) is 4.92. The van der Waals surface area contributed by atoms with Gasteiger partial charge in [-0.15, -0.1) is 11.3 Å². The molecule has 1 N–H and O–H groups in total. The van der Waals surface area contributed by atoms with Crippen molar-refractivity contribution in [3.63, 3.8) is 0 Å². The normalized spacial score (nSPS) is 19.9. The highest BCUT2D eigenvalue weighted by atomic mass is 32.1. The molecule has 5 heterocycles. The number of thiophene rings is 1. The summed E-state index contributed by atoms with van der Waals surface area (Å²) in [7, 11) is 2.80. The topological polar surface area (TPSA) is 101 Å². The minimum Gasteiger partial charge on any atom is -0.469 e. The summed E-state index contributed by atoms with van der Waals surface area (Å²) in [5.74, 6) is 0.367. The van der Waals surface area contributed by atoms with Crippen LogP contribution in [0.3, 0.4) is 0 Å². The lowest BCUT2D eigenvalue weighted by molar-refractivity contribution is -0.139. The summed E-state index contributed by atoms with van der Waals surface area (Å²) in [5.41, 5.74) is 2.90. The van der Waals surface area contributed by atoms with Crippen LogP contribution in [0.4, 0.5) is 5.82 Å². The van der Waals surface area contributed by atoms with E-state index in [-0.39, 0.29) is 23.8 Å². The Morgan fingerprint density at radius 1 is 1.08 bits per heavy atom. The monoisotopic (exact) mass is 519 g/mol. The summed E-state index contributed by atoms with van der Waals surface area (Å²) < 4.78 is 9.66. The standard InChI is InChI=1S/C27H29N5O4S/c1-35-23(33)12-19-11-20-24(28-16-29-25(20)37-19)32-8-6-27(15-32)5-7-31(14-27)13-17-3-4-18-10-22(26(34)36-2)30-21(18)9-17/h3-4,9-11,16,30H,5-8,12-15H2,1-2H3. The number of ether oxygens (including phenoxy) is 2. The third-order valence-electron chi connectivity index (χ3n) is 7.66. The zero-order valence-electron chi connectivity index (χ0n) is 21.0. The Hall–Kier alpha value is -3.50. The molecular weight excluding hydrogens is 490 g/mol. The number of rotatable bonds is 6. The highest BCUT2D eigenvalue weighted by molar-refractivity contribution is 7.18. The maximum absolute atomic E-state index is 11.9. The Balaban J connectivity index is 1.14. The predicted octanol–water partition coefficient (Wildman–Crippen LogP) is 3.78. The van der Waals surface area contributed by atoms with E-state index >= 15 is 0 Å². The molecule has 2 saturated heterocycles. The van der Waals surface area contributed by atoms with Crippen LogP contribution in [-0.4, -0.2) is 72.2 Å². The molecule has 2 aliphatic rings. The zero-order valence-corrected chi connectivity index (χ0v) is 21.8. The van der Waals surface area contributed by atoms with Crippen molar-refractivity contribution in [3.05, 3.63) is 52.8 Å². The molecule has 6 rings (SSSR count). The Morgan fingerprint density at radius 2 is 1.95 bits per heavy atom. The number of anilines is 1. The van der Waals surface area contributed by atoms with Crippen molar-refractivity contribution >= 4 is 50.2 Å². The van der Waals surface area contributed by atoms with Gasteiger partial charge in [-0.2, -0.15) is 0 Å². The van der Waals surface area contributed by atoms with Gasteiger partial charge >= 0.3 is 11.9 Å². The van der Waals surface area contributed by atoms with E-state index in [1.165, 1.54) is 31.1 Å². The first-order valence-electron chi connectivity index (χ1n) is 12.4. The number of esters is 2. The van der Waals surface area contributed by atoms with Gasteiger partial charge in [-0.3, -0.25) is 9.69 Å². The van der Waals surface area contributed by atoms with Crippen LogP contribution in [-0.2, 0) is 27.2 Å². The molecule has 0 saturated carbocycles. The molecule has 0 aliphatic carbocycles. The molecule has 1 spiro atoms. The number of benzene rings is 1. The van der Waals surface area contributed by atoms with E-state index in [0.29, 0.717) is 5.69 Å². The molecule has 0 radical (unpaired) electrons. The van der Waals surface area contributed by atoms with Crippen LogP contribution in [0.25, 0.3) is 21.1 Å².